The molecule has 0 N–H and O–H groups in total. The molecule has 1 aromatic carbocycles. The van der Waals surface area contributed by atoms with Crippen LogP contribution in [0.15, 0.2) is 36.7 Å². The van der Waals surface area contributed by atoms with E-state index in [0.717, 1.165) is 11.3 Å². The van der Waals surface area contributed by atoms with Gasteiger partial charge in [-0.05, 0) is 32.9 Å². The number of benzene rings is 1. The molecule has 0 aliphatic carbocycles. The van der Waals surface area contributed by atoms with Gasteiger partial charge < -0.3 is 4.90 Å². The van der Waals surface area contributed by atoms with E-state index >= 15 is 0 Å². The Morgan fingerprint density at radius 3 is 2.55 bits per heavy atom. The highest BCUT2D eigenvalue weighted by Crippen LogP contribution is 2.20. The van der Waals surface area contributed by atoms with E-state index in [0.29, 0.717) is 49.1 Å². The summed E-state index contributed by atoms with van der Waals surface area (Å²) in [7, 11) is 0. The molecule has 150 valence electrons. The molecule has 0 atom stereocenters. The highest BCUT2D eigenvalue weighted by molar-refractivity contribution is 5.98. The van der Waals surface area contributed by atoms with Crippen LogP contribution in [0.2, 0.25) is 0 Å². The summed E-state index contributed by atoms with van der Waals surface area (Å²) >= 11 is 0. The van der Waals surface area contributed by atoms with E-state index in [-0.39, 0.29) is 5.91 Å². The van der Waals surface area contributed by atoms with Gasteiger partial charge in [-0.2, -0.15) is 15.0 Å². The largest absolute Gasteiger partial charge is 0.334 e. The Balaban J connectivity index is 1.56. The maximum absolute atomic E-state index is 13.3. The average Bonchev–Trinajstić information content (AvgIpc) is 3.10. The zero-order chi connectivity index (χ0) is 20.4. The Kier molecular flexibility index (Phi) is 5.22. The monoisotopic (exact) mass is 393 g/mol. The van der Waals surface area contributed by atoms with Crippen molar-refractivity contribution in [3.8, 4) is 5.69 Å². The summed E-state index contributed by atoms with van der Waals surface area (Å²) in [6.45, 7) is 7.64. The second-order valence-corrected chi connectivity index (χ2v) is 6.98. The van der Waals surface area contributed by atoms with E-state index in [2.05, 4.69) is 20.2 Å². The third-order valence-electron chi connectivity index (χ3n) is 4.69. The van der Waals surface area contributed by atoms with E-state index in [9.17, 15) is 4.79 Å². The lowest BCUT2D eigenvalue weighted by molar-refractivity contribution is 0.0730. The summed E-state index contributed by atoms with van der Waals surface area (Å²) in [5.74, 6) is 1.33. The summed E-state index contributed by atoms with van der Waals surface area (Å²) in [5.41, 5.74) is 3.12. The molecule has 2 aromatic heterocycles. The zero-order valence-corrected chi connectivity index (χ0v) is 16.7. The second-order valence-electron chi connectivity index (χ2n) is 6.98. The lowest BCUT2D eigenvalue weighted by atomic mass is 10.1. The molecule has 0 radical (unpaired) electrons. The van der Waals surface area contributed by atoms with Crippen molar-refractivity contribution in [2.45, 2.75) is 20.8 Å². The first-order valence-electron chi connectivity index (χ1n) is 9.50. The molecule has 0 spiro atoms. The Morgan fingerprint density at radius 1 is 1.00 bits per heavy atom. The number of carbonyl (C=O) groups is 1. The van der Waals surface area contributed by atoms with Crippen LogP contribution in [-0.2, 0) is 4.84 Å². The maximum atomic E-state index is 13.3. The van der Waals surface area contributed by atoms with Crippen molar-refractivity contribution in [1.29, 1.82) is 0 Å². The summed E-state index contributed by atoms with van der Waals surface area (Å²) in [4.78, 5) is 31.2. The van der Waals surface area contributed by atoms with Gasteiger partial charge in [-0.3, -0.25) is 9.63 Å². The van der Waals surface area contributed by atoms with Crippen LogP contribution < -0.4 is 5.06 Å². The Bertz CT molecular complexity index is 999. The molecule has 3 heterocycles. The van der Waals surface area contributed by atoms with Crippen molar-refractivity contribution in [2.24, 2.45) is 0 Å². The van der Waals surface area contributed by atoms with Crippen molar-refractivity contribution in [3.63, 3.8) is 0 Å². The molecule has 1 aliphatic heterocycles. The van der Waals surface area contributed by atoms with Crippen molar-refractivity contribution in [3.05, 3.63) is 59.3 Å². The lowest BCUT2D eigenvalue weighted by Gasteiger charge is -2.22. The number of hydrogen-bond donors (Lipinski definition) is 0. The van der Waals surface area contributed by atoms with Gasteiger partial charge >= 0.3 is 0 Å². The molecule has 0 bridgehead atoms. The fourth-order valence-electron chi connectivity index (χ4n) is 3.36. The molecular formula is C20H23N7O2. The van der Waals surface area contributed by atoms with E-state index in [1.165, 1.54) is 4.80 Å². The summed E-state index contributed by atoms with van der Waals surface area (Å²) in [5, 5.41) is 10.1. The number of amides is 1. The van der Waals surface area contributed by atoms with Crippen LogP contribution in [0.1, 0.15) is 27.4 Å². The first-order chi connectivity index (χ1) is 14.0. The van der Waals surface area contributed by atoms with Gasteiger partial charge in [0.05, 0.1) is 36.8 Å². The average molecular weight is 393 g/mol. The summed E-state index contributed by atoms with van der Waals surface area (Å²) in [6, 6.07) is 7.58. The van der Waals surface area contributed by atoms with E-state index < -0.39 is 0 Å². The van der Waals surface area contributed by atoms with Crippen LogP contribution in [0.3, 0.4) is 0 Å². The number of hydroxylamine groups is 1. The third-order valence-corrected chi connectivity index (χ3v) is 4.69. The SMILES string of the molecule is Cc1ccc(-n2nccn2)c(C(=O)N2CCON(c3cc(C)nc(C)n3)CC2)c1. The van der Waals surface area contributed by atoms with Crippen LogP contribution in [0.4, 0.5) is 5.82 Å². The molecule has 4 rings (SSSR count). The molecule has 3 aromatic rings. The first kappa shape index (κ1) is 19.0. The molecule has 9 heteroatoms. The number of carbonyl (C=O) groups excluding carboxylic acids is 1. The molecule has 0 unspecified atom stereocenters. The lowest BCUT2D eigenvalue weighted by Crippen LogP contribution is -2.36. The minimum atomic E-state index is -0.0681. The van der Waals surface area contributed by atoms with E-state index in [1.54, 1.807) is 22.4 Å². The van der Waals surface area contributed by atoms with Crippen molar-refractivity contribution >= 4 is 11.7 Å². The molecule has 1 fully saturated rings. The zero-order valence-electron chi connectivity index (χ0n) is 16.7. The van der Waals surface area contributed by atoms with Gasteiger partial charge in [-0.1, -0.05) is 11.6 Å². The number of anilines is 1. The van der Waals surface area contributed by atoms with Gasteiger partial charge in [0, 0.05) is 24.8 Å². The number of hydrogen-bond acceptors (Lipinski definition) is 7. The Morgan fingerprint density at radius 2 is 1.79 bits per heavy atom. The van der Waals surface area contributed by atoms with Gasteiger partial charge in [0.1, 0.15) is 5.82 Å². The van der Waals surface area contributed by atoms with Gasteiger partial charge in [0.15, 0.2) is 5.82 Å². The minimum Gasteiger partial charge on any atom is -0.334 e. The van der Waals surface area contributed by atoms with E-state index in [1.807, 2.05) is 45.0 Å². The number of nitrogens with zero attached hydrogens (tertiary/aromatic N) is 7. The van der Waals surface area contributed by atoms with Gasteiger partial charge in [-0.25, -0.2) is 15.0 Å². The topological polar surface area (TPSA) is 89.3 Å². The first-order valence-corrected chi connectivity index (χ1v) is 9.50. The van der Waals surface area contributed by atoms with Crippen LogP contribution in [0, 0.1) is 20.8 Å². The fraction of sp³-hybridized carbons (Fsp3) is 0.350. The molecule has 0 saturated carbocycles. The molecule has 1 saturated heterocycles. The Labute approximate surface area is 168 Å². The quantitative estimate of drug-likeness (QED) is 0.671. The molecule has 1 aliphatic rings. The van der Waals surface area contributed by atoms with Crippen molar-refractivity contribution in [1.82, 2.24) is 29.9 Å². The van der Waals surface area contributed by atoms with Crippen LogP contribution in [0.25, 0.3) is 5.69 Å². The van der Waals surface area contributed by atoms with Crippen LogP contribution in [-0.4, -0.2) is 62.0 Å². The van der Waals surface area contributed by atoms with Gasteiger partial charge in [-0.15, -0.1) is 0 Å². The molecule has 9 nitrogen and oxygen atoms in total. The standard InChI is InChI=1S/C20H23N7O2/c1-14-4-5-18(27-21-6-7-22-27)17(12-14)20(28)25-8-9-26(29-11-10-25)19-13-15(2)23-16(3)24-19/h4-7,12-13H,8-11H2,1-3H3. The highest BCUT2D eigenvalue weighted by atomic mass is 16.7. The highest BCUT2D eigenvalue weighted by Gasteiger charge is 2.24. The number of aryl methyl sites for hydroxylation is 3. The smallest absolute Gasteiger partial charge is 0.256 e. The molecular weight excluding hydrogens is 370 g/mol. The summed E-state index contributed by atoms with van der Waals surface area (Å²) < 4.78 is 0. The van der Waals surface area contributed by atoms with Crippen molar-refractivity contribution < 1.29 is 9.63 Å². The number of aromatic nitrogens is 5. The molecule has 1 amide bonds. The number of rotatable bonds is 3. The molecule has 29 heavy (non-hydrogen) atoms. The minimum absolute atomic E-state index is 0.0681. The van der Waals surface area contributed by atoms with E-state index in [4.69, 9.17) is 4.84 Å². The van der Waals surface area contributed by atoms with Crippen LogP contribution >= 0.6 is 0 Å². The van der Waals surface area contributed by atoms with Crippen molar-refractivity contribution in [2.75, 3.05) is 31.3 Å². The predicted octanol–water partition coefficient (Wildman–Crippen LogP) is 1.88. The Hall–Kier alpha value is -3.33. The maximum Gasteiger partial charge on any atom is 0.256 e. The third kappa shape index (κ3) is 4.09. The normalized spacial score (nSPS) is 14.7. The van der Waals surface area contributed by atoms with Crippen LogP contribution in [0.5, 0.6) is 0 Å². The predicted molar refractivity (Wildman–Crippen MR) is 107 cm³/mol. The summed E-state index contributed by atoms with van der Waals surface area (Å²) in [6.07, 6.45) is 3.19. The van der Waals surface area contributed by atoms with Gasteiger partial charge in [0.2, 0.25) is 0 Å². The fourth-order valence-corrected chi connectivity index (χ4v) is 3.36. The second kappa shape index (κ2) is 7.96. The van der Waals surface area contributed by atoms with Gasteiger partial charge in [0.25, 0.3) is 5.91 Å².